The molecular weight excluding hydrogens is 318 g/mol. The monoisotopic (exact) mass is 358 g/mol. The van der Waals surface area contributed by atoms with Crippen LogP contribution in [0.5, 0.6) is 0 Å². The standard InChI is InChI=1S/C20H39NO4/c1-5-6-7-8-9-10-11-12-13-14-15-20(24)25-18(16-19(22)23)17-21(2,3)4/h18H,5-17H2,1-4H3/p+1. The molecular formula is C20H40NO4+. The molecule has 148 valence electrons. The minimum atomic E-state index is -0.926. The van der Waals surface area contributed by atoms with Crippen LogP contribution >= 0.6 is 0 Å². The molecule has 0 saturated carbocycles. The molecule has 5 heteroatoms. The van der Waals surface area contributed by atoms with Gasteiger partial charge in [0.25, 0.3) is 0 Å². The topological polar surface area (TPSA) is 63.6 Å². The first kappa shape index (κ1) is 23.9. The van der Waals surface area contributed by atoms with Crippen LogP contribution in [-0.4, -0.2) is 55.3 Å². The molecule has 0 aliphatic rings. The van der Waals surface area contributed by atoms with Crippen LogP contribution < -0.4 is 0 Å². The Morgan fingerprint density at radius 1 is 0.880 bits per heavy atom. The van der Waals surface area contributed by atoms with E-state index in [0.717, 1.165) is 12.8 Å². The number of unbranched alkanes of at least 4 members (excludes halogenated alkanes) is 9. The fourth-order valence-corrected chi connectivity index (χ4v) is 2.95. The predicted octanol–water partition coefficient (Wildman–Crippen LogP) is 4.39. The number of carbonyl (C=O) groups is 2. The summed E-state index contributed by atoms with van der Waals surface area (Å²) in [5.41, 5.74) is 0. The van der Waals surface area contributed by atoms with Gasteiger partial charge < -0.3 is 14.3 Å². The van der Waals surface area contributed by atoms with Gasteiger partial charge in [0.1, 0.15) is 6.54 Å². The summed E-state index contributed by atoms with van der Waals surface area (Å²) >= 11 is 0. The first-order chi connectivity index (χ1) is 11.7. The number of quaternary nitrogens is 1. The highest BCUT2D eigenvalue weighted by molar-refractivity contribution is 5.71. The van der Waals surface area contributed by atoms with E-state index < -0.39 is 12.1 Å². The van der Waals surface area contributed by atoms with Gasteiger partial charge in [-0.05, 0) is 6.42 Å². The van der Waals surface area contributed by atoms with Crippen molar-refractivity contribution in [2.45, 2.75) is 90.1 Å². The summed E-state index contributed by atoms with van der Waals surface area (Å²) in [5, 5.41) is 8.96. The summed E-state index contributed by atoms with van der Waals surface area (Å²) in [4.78, 5) is 22.9. The summed E-state index contributed by atoms with van der Waals surface area (Å²) < 4.78 is 5.96. The third-order valence-electron chi connectivity index (χ3n) is 4.19. The molecule has 0 spiro atoms. The highest BCUT2D eigenvalue weighted by atomic mass is 16.5. The number of carboxylic acid groups (broad SMARTS) is 1. The molecule has 1 atom stereocenters. The molecule has 0 aliphatic heterocycles. The van der Waals surface area contributed by atoms with Gasteiger partial charge in [-0.2, -0.15) is 0 Å². The van der Waals surface area contributed by atoms with Crippen molar-refractivity contribution in [3.63, 3.8) is 0 Å². The molecule has 0 aromatic rings. The van der Waals surface area contributed by atoms with Gasteiger partial charge >= 0.3 is 11.9 Å². The second-order valence-corrected chi connectivity index (χ2v) is 8.11. The molecule has 0 fully saturated rings. The van der Waals surface area contributed by atoms with Gasteiger partial charge in [0, 0.05) is 6.42 Å². The molecule has 0 rings (SSSR count). The van der Waals surface area contributed by atoms with Crippen molar-refractivity contribution >= 4 is 11.9 Å². The van der Waals surface area contributed by atoms with Gasteiger partial charge in [0.2, 0.25) is 0 Å². The van der Waals surface area contributed by atoms with E-state index in [1.54, 1.807) is 0 Å². The molecule has 0 bridgehead atoms. The van der Waals surface area contributed by atoms with Crippen LogP contribution in [0.4, 0.5) is 0 Å². The van der Waals surface area contributed by atoms with Crippen LogP contribution in [0.25, 0.3) is 0 Å². The van der Waals surface area contributed by atoms with E-state index in [-0.39, 0.29) is 12.4 Å². The zero-order valence-electron chi connectivity index (χ0n) is 16.9. The van der Waals surface area contributed by atoms with E-state index in [4.69, 9.17) is 9.84 Å². The lowest BCUT2D eigenvalue weighted by molar-refractivity contribution is -0.873. The van der Waals surface area contributed by atoms with Crippen LogP contribution in [0.15, 0.2) is 0 Å². The van der Waals surface area contributed by atoms with Crippen molar-refractivity contribution < 1.29 is 23.9 Å². The van der Waals surface area contributed by atoms with Gasteiger partial charge in [0.15, 0.2) is 6.10 Å². The smallest absolute Gasteiger partial charge is 0.307 e. The molecule has 0 amide bonds. The molecule has 5 nitrogen and oxygen atoms in total. The number of rotatable bonds is 16. The van der Waals surface area contributed by atoms with Crippen molar-refractivity contribution in [2.24, 2.45) is 0 Å². The highest BCUT2D eigenvalue weighted by Gasteiger charge is 2.24. The van der Waals surface area contributed by atoms with E-state index in [2.05, 4.69) is 6.92 Å². The fourth-order valence-electron chi connectivity index (χ4n) is 2.95. The number of hydrogen-bond acceptors (Lipinski definition) is 3. The Hall–Kier alpha value is -1.10. The number of carbonyl (C=O) groups excluding carboxylic acids is 1. The number of nitrogens with zero attached hydrogens (tertiary/aromatic N) is 1. The average molecular weight is 359 g/mol. The quantitative estimate of drug-likeness (QED) is 0.252. The number of aliphatic carboxylic acids is 1. The minimum Gasteiger partial charge on any atom is -0.481 e. The van der Waals surface area contributed by atoms with Crippen molar-refractivity contribution in [2.75, 3.05) is 27.7 Å². The van der Waals surface area contributed by atoms with Crippen molar-refractivity contribution in [3.8, 4) is 0 Å². The molecule has 0 aromatic carbocycles. The maximum absolute atomic E-state index is 11.9. The fraction of sp³-hybridized carbons (Fsp3) is 0.900. The Balaban J connectivity index is 3.77. The SMILES string of the molecule is CCCCCCCCCCCCC(=O)OC(CC(=O)O)C[N+](C)(C)C. The maximum atomic E-state index is 11.9. The lowest BCUT2D eigenvalue weighted by atomic mass is 10.1. The Morgan fingerprint density at radius 2 is 1.36 bits per heavy atom. The summed E-state index contributed by atoms with van der Waals surface area (Å²) in [7, 11) is 5.89. The van der Waals surface area contributed by atoms with Crippen LogP contribution in [0.3, 0.4) is 0 Å². The van der Waals surface area contributed by atoms with Crippen molar-refractivity contribution in [1.82, 2.24) is 0 Å². The van der Waals surface area contributed by atoms with Crippen LogP contribution in [-0.2, 0) is 14.3 Å². The summed E-state index contributed by atoms with van der Waals surface area (Å²) in [6, 6.07) is 0. The Bertz CT molecular complexity index is 363. The minimum absolute atomic E-state index is 0.126. The van der Waals surface area contributed by atoms with Gasteiger partial charge in [-0.15, -0.1) is 0 Å². The van der Waals surface area contributed by atoms with Crippen LogP contribution in [0.2, 0.25) is 0 Å². The van der Waals surface area contributed by atoms with Gasteiger partial charge in [-0.1, -0.05) is 64.7 Å². The Kier molecular flexibility index (Phi) is 13.5. The Morgan fingerprint density at radius 3 is 1.80 bits per heavy atom. The molecule has 25 heavy (non-hydrogen) atoms. The van der Waals surface area contributed by atoms with E-state index in [0.29, 0.717) is 17.4 Å². The second-order valence-electron chi connectivity index (χ2n) is 8.11. The summed E-state index contributed by atoms with van der Waals surface area (Å²) in [6.45, 7) is 2.74. The summed E-state index contributed by atoms with van der Waals surface area (Å²) in [6.07, 6.45) is 11.9. The normalized spacial score (nSPS) is 12.8. The molecule has 1 N–H and O–H groups in total. The summed E-state index contributed by atoms with van der Waals surface area (Å²) in [5.74, 6) is -1.19. The first-order valence-electron chi connectivity index (χ1n) is 9.96. The van der Waals surface area contributed by atoms with Crippen LogP contribution in [0.1, 0.15) is 84.0 Å². The molecule has 0 radical (unpaired) electrons. The van der Waals surface area contributed by atoms with E-state index in [1.807, 2.05) is 21.1 Å². The largest absolute Gasteiger partial charge is 0.481 e. The number of ether oxygens (including phenoxy) is 1. The zero-order valence-corrected chi connectivity index (χ0v) is 16.9. The predicted molar refractivity (Wildman–Crippen MR) is 101 cm³/mol. The average Bonchev–Trinajstić information content (AvgIpc) is 2.46. The van der Waals surface area contributed by atoms with Gasteiger partial charge in [-0.25, -0.2) is 0 Å². The van der Waals surface area contributed by atoms with Gasteiger partial charge in [-0.3, -0.25) is 9.59 Å². The third-order valence-corrected chi connectivity index (χ3v) is 4.19. The highest BCUT2D eigenvalue weighted by Crippen LogP contribution is 2.12. The number of esters is 1. The van der Waals surface area contributed by atoms with Crippen molar-refractivity contribution in [1.29, 1.82) is 0 Å². The number of carboxylic acids is 1. The number of hydrogen-bond donors (Lipinski definition) is 1. The van der Waals surface area contributed by atoms with Crippen LogP contribution in [0, 0.1) is 0 Å². The second kappa shape index (κ2) is 14.1. The third kappa shape index (κ3) is 17.5. The molecule has 0 aliphatic carbocycles. The van der Waals surface area contributed by atoms with Gasteiger partial charge in [0.05, 0.1) is 27.6 Å². The first-order valence-corrected chi connectivity index (χ1v) is 9.96. The van der Waals surface area contributed by atoms with Crippen molar-refractivity contribution in [3.05, 3.63) is 0 Å². The van der Waals surface area contributed by atoms with E-state index in [1.165, 1.54) is 51.4 Å². The molecule has 1 unspecified atom stereocenters. The van der Waals surface area contributed by atoms with E-state index >= 15 is 0 Å². The molecule has 0 saturated heterocycles. The molecule has 0 aromatic heterocycles. The lowest BCUT2D eigenvalue weighted by Gasteiger charge is -2.28. The maximum Gasteiger partial charge on any atom is 0.307 e. The lowest BCUT2D eigenvalue weighted by Crippen LogP contribution is -2.43. The zero-order chi connectivity index (χ0) is 19.1. The molecule has 0 heterocycles. The number of likely N-dealkylation sites (N-methyl/N-ethyl adjacent to an activating group) is 1. The van der Waals surface area contributed by atoms with E-state index in [9.17, 15) is 9.59 Å². The Labute approximate surface area is 154 Å².